The Hall–Kier alpha value is -6.00. The Balaban J connectivity index is 1.07. The van der Waals surface area contributed by atoms with Gasteiger partial charge in [-0.05, 0) is 114 Å². The molecule has 5 aromatic carbocycles. The molecule has 2 amide bonds. The van der Waals surface area contributed by atoms with Crippen molar-refractivity contribution >= 4 is 23.5 Å². The van der Waals surface area contributed by atoms with Crippen LogP contribution in [0.2, 0.25) is 0 Å². The van der Waals surface area contributed by atoms with E-state index in [1.165, 1.54) is 24.3 Å². The Morgan fingerprint density at radius 3 is 1.96 bits per heavy atom. The van der Waals surface area contributed by atoms with Gasteiger partial charge in [0.1, 0.15) is 23.1 Å². The molecule has 1 heterocycles. The van der Waals surface area contributed by atoms with Crippen molar-refractivity contribution < 1.29 is 38.5 Å². The quantitative estimate of drug-likeness (QED) is 0.111. The second-order valence-corrected chi connectivity index (χ2v) is 12.0. The highest BCUT2D eigenvalue weighted by molar-refractivity contribution is 6.03. The molecule has 0 spiro atoms. The molecular weight excluding hydrogens is 639 g/mol. The molecule has 5 aromatic rings. The lowest BCUT2D eigenvalue weighted by molar-refractivity contribution is -0.131. The summed E-state index contributed by atoms with van der Waals surface area (Å²) in [5.74, 6) is -0.391. The van der Waals surface area contributed by atoms with Crippen LogP contribution in [0, 0.1) is 11.7 Å². The summed E-state index contributed by atoms with van der Waals surface area (Å²) in [5.41, 5.74) is 3.71. The Morgan fingerprint density at radius 2 is 1.38 bits per heavy atom. The monoisotopic (exact) mass is 674 g/mol. The van der Waals surface area contributed by atoms with Crippen LogP contribution in [0.25, 0.3) is 0 Å². The maximum Gasteiger partial charge on any atom is 0.335 e. The van der Waals surface area contributed by atoms with Crippen molar-refractivity contribution in [2.24, 2.45) is 5.92 Å². The maximum atomic E-state index is 13.6. The van der Waals surface area contributed by atoms with E-state index in [4.69, 9.17) is 14.6 Å². The van der Waals surface area contributed by atoms with Crippen LogP contribution in [0.4, 0.5) is 10.1 Å². The minimum atomic E-state index is -1.02. The minimum absolute atomic E-state index is 0.0529. The summed E-state index contributed by atoms with van der Waals surface area (Å²) in [6.45, 7) is 0.271. The number of rotatable bonds is 13. The summed E-state index contributed by atoms with van der Waals surface area (Å²) in [4.78, 5) is 39.2. The highest BCUT2D eigenvalue weighted by atomic mass is 19.1. The number of β-lactam (4-membered cyclic amide) rings is 1. The smallest absolute Gasteiger partial charge is 0.335 e. The van der Waals surface area contributed by atoms with Crippen molar-refractivity contribution in [1.82, 2.24) is 5.32 Å². The number of carbonyl (C=O) groups excluding carboxylic acids is 2. The number of aromatic carboxylic acids is 1. The number of carboxylic acids is 1. The number of hydrogen-bond donors (Lipinski definition) is 3. The topological polar surface area (TPSA) is 125 Å². The van der Waals surface area contributed by atoms with Crippen LogP contribution in [-0.4, -0.2) is 35.1 Å². The predicted octanol–water partition coefficient (Wildman–Crippen LogP) is 7.47. The van der Waals surface area contributed by atoms with Crippen LogP contribution in [0.15, 0.2) is 121 Å². The molecule has 0 radical (unpaired) electrons. The number of halogens is 1. The molecular formula is C40H35FN2O7. The average Bonchev–Trinajstić information content (AvgIpc) is 3.14. The first-order chi connectivity index (χ1) is 24.2. The zero-order valence-corrected chi connectivity index (χ0v) is 27.2. The molecule has 9 nitrogen and oxygen atoms in total. The van der Waals surface area contributed by atoms with Crippen molar-refractivity contribution in [2.45, 2.75) is 31.5 Å². The Labute approximate surface area is 288 Å². The van der Waals surface area contributed by atoms with E-state index in [9.17, 15) is 23.9 Å². The van der Waals surface area contributed by atoms with E-state index in [1.807, 2.05) is 48.5 Å². The molecule has 50 heavy (non-hydrogen) atoms. The van der Waals surface area contributed by atoms with Crippen molar-refractivity contribution in [3.63, 3.8) is 0 Å². The second kappa shape index (κ2) is 15.0. The third-order valence-electron chi connectivity index (χ3n) is 8.80. The summed E-state index contributed by atoms with van der Waals surface area (Å²) in [6.07, 6.45) is -0.0271. The first-order valence-corrected chi connectivity index (χ1v) is 16.1. The van der Waals surface area contributed by atoms with E-state index in [1.54, 1.807) is 60.5 Å². The number of benzene rings is 5. The van der Waals surface area contributed by atoms with Gasteiger partial charge in [0, 0.05) is 17.8 Å². The molecule has 0 aromatic heterocycles. The van der Waals surface area contributed by atoms with E-state index < -0.39 is 12.1 Å². The zero-order chi connectivity index (χ0) is 35.2. The van der Waals surface area contributed by atoms with E-state index in [2.05, 4.69) is 5.32 Å². The number of nitrogens with one attached hydrogen (secondary N) is 1. The number of ether oxygens (including phenoxy) is 2. The summed E-state index contributed by atoms with van der Waals surface area (Å²) >= 11 is 0. The lowest BCUT2D eigenvalue weighted by Gasteiger charge is -2.48. The van der Waals surface area contributed by atoms with Crippen LogP contribution in [0.5, 0.6) is 17.2 Å². The Morgan fingerprint density at radius 1 is 0.800 bits per heavy atom. The molecule has 3 N–H and O–H groups in total. The van der Waals surface area contributed by atoms with Gasteiger partial charge in [0.2, 0.25) is 5.91 Å². The van der Waals surface area contributed by atoms with Gasteiger partial charge >= 0.3 is 5.97 Å². The highest BCUT2D eigenvalue weighted by Crippen LogP contribution is 2.46. The van der Waals surface area contributed by atoms with Crippen LogP contribution in [-0.2, 0) is 11.3 Å². The van der Waals surface area contributed by atoms with Gasteiger partial charge < -0.3 is 29.9 Å². The van der Waals surface area contributed by atoms with Crippen molar-refractivity contribution in [3.8, 4) is 17.2 Å². The number of amides is 2. The maximum absolute atomic E-state index is 13.6. The first-order valence-electron chi connectivity index (χ1n) is 16.1. The zero-order valence-electron chi connectivity index (χ0n) is 27.2. The van der Waals surface area contributed by atoms with Crippen LogP contribution in [0.1, 0.15) is 62.4 Å². The first kappa shape index (κ1) is 33.9. The summed E-state index contributed by atoms with van der Waals surface area (Å²) in [7, 11) is 1.59. The number of carboxylic acid groups (broad SMARTS) is 1. The lowest BCUT2D eigenvalue weighted by atomic mass is 9.78. The number of nitrogens with zero attached hydrogens (tertiary/aromatic N) is 1. The largest absolute Gasteiger partial charge is 0.497 e. The summed E-state index contributed by atoms with van der Waals surface area (Å²) < 4.78 is 24.4. The molecule has 1 fully saturated rings. The van der Waals surface area contributed by atoms with Gasteiger partial charge in [-0.3, -0.25) is 9.59 Å². The normalized spacial score (nSPS) is 15.9. The molecule has 0 bridgehead atoms. The molecule has 1 aliphatic heterocycles. The number of methoxy groups -OCH3 is 1. The lowest BCUT2D eigenvalue weighted by Crippen LogP contribution is -2.55. The third-order valence-corrected chi connectivity index (χ3v) is 8.80. The second-order valence-electron chi connectivity index (χ2n) is 12.0. The van der Waals surface area contributed by atoms with Crippen molar-refractivity contribution in [1.29, 1.82) is 0 Å². The molecule has 254 valence electrons. The summed E-state index contributed by atoms with van der Waals surface area (Å²) in [6, 6.07) is 33.2. The molecule has 3 atom stereocenters. The number of aliphatic hydroxyl groups is 1. The average molecular weight is 675 g/mol. The highest BCUT2D eigenvalue weighted by Gasteiger charge is 2.48. The molecule has 1 saturated heterocycles. The van der Waals surface area contributed by atoms with Crippen molar-refractivity contribution in [3.05, 3.63) is 155 Å². The summed E-state index contributed by atoms with van der Waals surface area (Å²) in [5, 5.41) is 22.7. The SMILES string of the molecule is COc1ccc(C2C(CCC(O)c3ccc(F)cc3)C(=O)N2c2ccc(CNC(=O)c3ccc(Oc4ccc(C(=O)O)cc4)cc3)cc2)cc1. The molecule has 6 rings (SSSR count). The molecule has 10 heteroatoms. The van der Waals surface area contributed by atoms with Crippen LogP contribution < -0.4 is 19.7 Å². The van der Waals surface area contributed by atoms with Crippen LogP contribution >= 0.6 is 0 Å². The number of aliphatic hydroxyl groups excluding tert-OH is 1. The van der Waals surface area contributed by atoms with Gasteiger partial charge in [0.05, 0.1) is 30.7 Å². The van der Waals surface area contributed by atoms with E-state index in [-0.39, 0.29) is 41.7 Å². The molecule has 0 aliphatic carbocycles. The van der Waals surface area contributed by atoms with E-state index in [0.29, 0.717) is 41.2 Å². The van der Waals surface area contributed by atoms with Gasteiger partial charge in [0.15, 0.2) is 0 Å². The Bertz CT molecular complexity index is 1950. The van der Waals surface area contributed by atoms with E-state index >= 15 is 0 Å². The minimum Gasteiger partial charge on any atom is -0.497 e. The fourth-order valence-electron chi connectivity index (χ4n) is 6.02. The van der Waals surface area contributed by atoms with Gasteiger partial charge in [-0.25, -0.2) is 9.18 Å². The van der Waals surface area contributed by atoms with Crippen LogP contribution in [0.3, 0.4) is 0 Å². The van der Waals surface area contributed by atoms with Gasteiger partial charge in [-0.2, -0.15) is 0 Å². The predicted molar refractivity (Wildman–Crippen MR) is 185 cm³/mol. The number of carbonyl (C=O) groups is 3. The van der Waals surface area contributed by atoms with E-state index in [0.717, 1.165) is 16.8 Å². The fourth-order valence-corrected chi connectivity index (χ4v) is 6.02. The van der Waals surface area contributed by atoms with Gasteiger partial charge in [-0.1, -0.05) is 36.4 Å². The van der Waals surface area contributed by atoms with Crippen molar-refractivity contribution in [2.75, 3.05) is 12.0 Å². The van der Waals surface area contributed by atoms with Gasteiger partial charge in [-0.15, -0.1) is 0 Å². The third kappa shape index (κ3) is 7.66. The molecule has 0 saturated carbocycles. The fraction of sp³-hybridized carbons (Fsp3) is 0.175. The molecule has 1 aliphatic rings. The Kier molecular flexibility index (Phi) is 10.2. The molecule has 3 unspecified atom stereocenters. The van der Waals surface area contributed by atoms with Gasteiger partial charge in [0.25, 0.3) is 5.91 Å². The standard InChI is InChI=1S/C40H35FN2O7/c1-49-32-16-6-27(7-17-32)37-35(22-23-36(44)26-4-12-30(41)13-5-26)39(46)43(37)31-14-2-25(3-15-31)24-42-38(45)28-8-18-33(19-9-28)50-34-20-10-29(11-21-34)40(47)48/h2-21,35-37,44H,22-24H2,1H3,(H,42,45)(H,47,48). The number of anilines is 1. The number of hydrogen-bond acceptors (Lipinski definition) is 6.